The Morgan fingerprint density at radius 3 is 2.38 bits per heavy atom. The molecule has 0 aliphatic rings. The van der Waals surface area contributed by atoms with Crippen LogP contribution in [0, 0.1) is 0 Å². The average Bonchev–Trinajstić information content (AvgIpc) is 2.17. The van der Waals surface area contributed by atoms with E-state index >= 15 is 0 Å². The molecule has 0 saturated heterocycles. The number of hydrazine groups is 1. The maximum atomic E-state index is 10.8. The van der Waals surface area contributed by atoms with E-state index in [0.717, 1.165) is 7.11 Å². The minimum Gasteiger partial charge on any atom is -0.306 e. The van der Waals surface area contributed by atoms with Crippen molar-refractivity contribution < 1.29 is 12.6 Å². The van der Waals surface area contributed by atoms with Gasteiger partial charge in [-0.3, -0.25) is 4.18 Å². The Hall–Kier alpha value is -1.11. The van der Waals surface area contributed by atoms with Gasteiger partial charge in [-0.25, -0.2) is 0 Å². The highest BCUT2D eigenvalue weighted by molar-refractivity contribution is 7.84. The third-order valence-electron chi connectivity index (χ3n) is 1.31. The SMILES string of the molecule is COS(=O)(=O)NNc1ccccc1. The van der Waals surface area contributed by atoms with Crippen LogP contribution in [0.1, 0.15) is 0 Å². The van der Waals surface area contributed by atoms with E-state index in [2.05, 4.69) is 9.61 Å². The summed E-state index contributed by atoms with van der Waals surface area (Å²) in [5, 5.41) is 0. The number of rotatable bonds is 4. The lowest BCUT2D eigenvalue weighted by atomic mass is 10.3. The molecule has 0 radical (unpaired) electrons. The van der Waals surface area contributed by atoms with Crippen molar-refractivity contribution in [3.63, 3.8) is 0 Å². The molecule has 0 fully saturated rings. The van der Waals surface area contributed by atoms with E-state index in [0.29, 0.717) is 5.69 Å². The van der Waals surface area contributed by atoms with Crippen LogP contribution in [-0.2, 0) is 14.5 Å². The normalized spacial score (nSPS) is 11.2. The highest BCUT2D eigenvalue weighted by atomic mass is 32.2. The van der Waals surface area contributed by atoms with Crippen molar-refractivity contribution in [1.82, 2.24) is 4.83 Å². The molecule has 0 atom stereocenters. The highest BCUT2D eigenvalue weighted by Gasteiger charge is 2.04. The predicted molar refractivity (Wildman–Crippen MR) is 49.1 cm³/mol. The van der Waals surface area contributed by atoms with Crippen molar-refractivity contribution in [3.05, 3.63) is 30.3 Å². The van der Waals surface area contributed by atoms with E-state index in [1.165, 1.54) is 0 Å². The number of nitrogens with one attached hydrogen (secondary N) is 2. The average molecular weight is 202 g/mol. The maximum Gasteiger partial charge on any atom is 0.352 e. The summed E-state index contributed by atoms with van der Waals surface area (Å²) in [6.07, 6.45) is 0. The second kappa shape index (κ2) is 4.22. The molecule has 6 heteroatoms. The van der Waals surface area contributed by atoms with E-state index in [1.54, 1.807) is 24.3 Å². The monoisotopic (exact) mass is 202 g/mol. The van der Waals surface area contributed by atoms with Crippen molar-refractivity contribution in [1.29, 1.82) is 0 Å². The first-order chi connectivity index (χ1) is 6.14. The lowest BCUT2D eigenvalue weighted by Gasteiger charge is -2.06. The van der Waals surface area contributed by atoms with Gasteiger partial charge < -0.3 is 5.43 Å². The van der Waals surface area contributed by atoms with Crippen LogP contribution in [-0.4, -0.2) is 15.5 Å². The van der Waals surface area contributed by atoms with Gasteiger partial charge in [0.2, 0.25) is 0 Å². The van der Waals surface area contributed by atoms with Crippen LogP contribution < -0.4 is 10.3 Å². The van der Waals surface area contributed by atoms with Crippen LogP contribution in [0.15, 0.2) is 30.3 Å². The Morgan fingerprint density at radius 2 is 1.85 bits per heavy atom. The maximum absolute atomic E-state index is 10.8. The number of benzene rings is 1. The van der Waals surface area contributed by atoms with Crippen molar-refractivity contribution >= 4 is 16.0 Å². The van der Waals surface area contributed by atoms with E-state index in [9.17, 15) is 8.42 Å². The second-order valence-corrected chi connectivity index (χ2v) is 3.66. The molecule has 0 spiro atoms. The zero-order valence-corrected chi connectivity index (χ0v) is 7.84. The molecule has 1 rings (SSSR count). The summed E-state index contributed by atoms with van der Waals surface area (Å²) in [5.74, 6) is 0. The molecule has 0 bridgehead atoms. The Kier molecular flexibility index (Phi) is 3.24. The van der Waals surface area contributed by atoms with Gasteiger partial charge >= 0.3 is 10.3 Å². The Bertz CT molecular complexity index is 349. The molecule has 2 N–H and O–H groups in total. The standard InChI is InChI=1S/C7H10N2O3S/c1-12-13(10,11)9-8-7-5-3-2-4-6-7/h2-6,8-9H,1H3. The van der Waals surface area contributed by atoms with Crippen molar-refractivity contribution in [2.45, 2.75) is 0 Å². The topological polar surface area (TPSA) is 67.4 Å². The molecule has 72 valence electrons. The first-order valence-corrected chi connectivity index (χ1v) is 4.93. The van der Waals surface area contributed by atoms with Crippen LogP contribution in [0.3, 0.4) is 0 Å². The molecule has 13 heavy (non-hydrogen) atoms. The van der Waals surface area contributed by atoms with Crippen LogP contribution in [0.2, 0.25) is 0 Å². The molecule has 0 aliphatic heterocycles. The minimum atomic E-state index is -3.68. The Labute approximate surface area is 76.9 Å². The summed E-state index contributed by atoms with van der Waals surface area (Å²) in [4.78, 5) is 2.02. The van der Waals surface area contributed by atoms with Gasteiger partial charge in [0.25, 0.3) is 0 Å². The third-order valence-corrected chi connectivity index (χ3v) is 2.10. The molecule has 0 aromatic heterocycles. The van der Waals surface area contributed by atoms with Crippen molar-refractivity contribution in [3.8, 4) is 0 Å². The smallest absolute Gasteiger partial charge is 0.306 e. The predicted octanol–water partition coefficient (Wildman–Crippen LogP) is 0.494. The van der Waals surface area contributed by atoms with Gasteiger partial charge in [0.05, 0.1) is 7.11 Å². The fourth-order valence-corrected chi connectivity index (χ4v) is 1.01. The second-order valence-electron chi connectivity index (χ2n) is 2.21. The quantitative estimate of drug-likeness (QED) is 0.697. The largest absolute Gasteiger partial charge is 0.352 e. The molecule has 0 heterocycles. The first kappa shape index (κ1) is 9.97. The number of hydrogen-bond donors (Lipinski definition) is 2. The zero-order chi connectivity index (χ0) is 9.73. The van der Waals surface area contributed by atoms with Gasteiger partial charge in [0.15, 0.2) is 0 Å². The van der Waals surface area contributed by atoms with Crippen LogP contribution >= 0.6 is 0 Å². The lowest BCUT2D eigenvalue weighted by molar-refractivity contribution is 0.390. The van der Waals surface area contributed by atoms with Crippen LogP contribution in [0.4, 0.5) is 5.69 Å². The highest BCUT2D eigenvalue weighted by Crippen LogP contribution is 2.02. The molecule has 1 aromatic carbocycles. The third kappa shape index (κ3) is 3.41. The van der Waals surface area contributed by atoms with Gasteiger partial charge in [-0.2, -0.15) is 8.42 Å². The van der Waals surface area contributed by atoms with Gasteiger partial charge in [0.1, 0.15) is 0 Å². The van der Waals surface area contributed by atoms with E-state index < -0.39 is 10.3 Å². The van der Waals surface area contributed by atoms with Gasteiger partial charge in [-0.1, -0.05) is 18.2 Å². The molecule has 0 unspecified atom stereocenters. The lowest BCUT2D eigenvalue weighted by Crippen LogP contribution is -2.30. The first-order valence-electron chi connectivity index (χ1n) is 3.52. The van der Waals surface area contributed by atoms with Crippen LogP contribution in [0.25, 0.3) is 0 Å². The van der Waals surface area contributed by atoms with Gasteiger partial charge in [0, 0.05) is 5.69 Å². The summed E-state index contributed by atoms with van der Waals surface area (Å²) in [5.41, 5.74) is 3.11. The van der Waals surface area contributed by atoms with Crippen molar-refractivity contribution in [2.24, 2.45) is 0 Å². The van der Waals surface area contributed by atoms with E-state index in [-0.39, 0.29) is 0 Å². The summed E-state index contributed by atoms with van der Waals surface area (Å²) in [6.45, 7) is 0. The molecule has 0 saturated carbocycles. The molecule has 0 amide bonds. The molecular formula is C7H10N2O3S. The number of hydrogen-bond acceptors (Lipinski definition) is 4. The number of anilines is 1. The van der Waals surface area contributed by atoms with Gasteiger partial charge in [-0.15, -0.1) is 4.83 Å². The minimum absolute atomic E-state index is 0.642. The van der Waals surface area contributed by atoms with E-state index in [4.69, 9.17) is 0 Å². The Balaban J connectivity index is 2.54. The van der Waals surface area contributed by atoms with Crippen LogP contribution in [0.5, 0.6) is 0 Å². The summed E-state index contributed by atoms with van der Waals surface area (Å²) >= 11 is 0. The number of para-hydroxylation sites is 1. The van der Waals surface area contributed by atoms with E-state index in [1.807, 2.05) is 10.9 Å². The fourth-order valence-electron chi connectivity index (χ4n) is 0.685. The van der Waals surface area contributed by atoms with Gasteiger partial charge in [-0.05, 0) is 12.1 Å². The Morgan fingerprint density at radius 1 is 1.23 bits per heavy atom. The molecule has 1 aromatic rings. The molecule has 0 aliphatic carbocycles. The summed E-state index contributed by atoms with van der Waals surface area (Å²) in [6, 6.07) is 8.83. The fraction of sp³-hybridized carbons (Fsp3) is 0.143. The molecular weight excluding hydrogens is 192 g/mol. The molecule has 5 nitrogen and oxygen atoms in total. The summed E-state index contributed by atoms with van der Waals surface area (Å²) in [7, 11) is -2.60. The summed E-state index contributed by atoms with van der Waals surface area (Å²) < 4.78 is 25.7. The van der Waals surface area contributed by atoms with Crippen molar-refractivity contribution in [2.75, 3.05) is 12.5 Å². The zero-order valence-electron chi connectivity index (χ0n) is 7.02.